The highest BCUT2D eigenvalue weighted by atomic mass is 19.4. The SMILES string of the molecule is COc1ccc(N2CN(c3ccc(F)cc3C)c3cc(C(F)(F)F)ccc3C2=O)nn1. The topological polar surface area (TPSA) is 58.6 Å². The third-order valence-corrected chi connectivity index (χ3v) is 4.94. The number of nitrogens with zero attached hydrogens (tertiary/aromatic N) is 4. The summed E-state index contributed by atoms with van der Waals surface area (Å²) in [6.07, 6.45) is -4.58. The molecule has 0 N–H and O–H groups in total. The number of rotatable bonds is 3. The number of carbonyl (C=O) groups is 1. The quantitative estimate of drug-likeness (QED) is 0.562. The Morgan fingerprint density at radius 2 is 1.74 bits per heavy atom. The molecule has 10 heteroatoms. The summed E-state index contributed by atoms with van der Waals surface area (Å²) in [6, 6.07) is 9.90. The number of alkyl halides is 3. The highest BCUT2D eigenvalue weighted by molar-refractivity contribution is 6.12. The minimum absolute atomic E-state index is 0.0561. The molecular weight excluding hydrogens is 416 g/mol. The van der Waals surface area contributed by atoms with E-state index in [0.717, 1.165) is 18.2 Å². The van der Waals surface area contributed by atoms with Crippen LogP contribution in [0.1, 0.15) is 21.5 Å². The summed E-state index contributed by atoms with van der Waals surface area (Å²) < 4.78 is 58.6. The molecule has 0 saturated heterocycles. The van der Waals surface area contributed by atoms with E-state index in [4.69, 9.17) is 4.74 Å². The van der Waals surface area contributed by atoms with Crippen LogP contribution in [-0.4, -0.2) is 29.9 Å². The summed E-state index contributed by atoms with van der Waals surface area (Å²) in [7, 11) is 1.42. The number of methoxy groups -OCH3 is 1. The number of aryl methyl sites for hydroxylation is 1. The third-order valence-electron chi connectivity index (χ3n) is 4.94. The number of hydrogen-bond donors (Lipinski definition) is 0. The molecule has 0 radical (unpaired) electrons. The second-order valence-electron chi connectivity index (χ2n) is 6.90. The maximum absolute atomic E-state index is 13.6. The molecular formula is C21H16F4N4O2. The van der Waals surface area contributed by atoms with Gasteiger partial charge >= 0.3 is 6.18 Å². The monoisotopic (exact) mass is 432 g/mol. The van der Waals surface area contributed by atoms with Gasteiger partial charge in [0.2, 0.25) is 5.88 Å². The van der Waals surface area contributed by atoms with Crippen molar-refractivity contribution in [2.75, 3.05) is 23.6 Å². The smallest absolute Gasteiger partial charge is 0.416 e. The van der Waals surface area contributed by atoms with Gasteiger partial charge in [0, 0.05) is 11.8 Å². The van der Waals surface area contributed by atoms with Gasteiger partial charge in [0.05, 0.1) is 23.9 Å². The van der Waals surface area contributed by atoms with E-state index in [1.54, 1.807) is 6.92 Å². The van der Waals surface area contributed by atoms with Crippen molar-refractivity contribution in [2.24, 2.45) is 0 Å². The Morgan fingerprint density at radius 3 is 2.35 bits per heavy atom. The molecule has 1 aromatic heterocycles. The lowest BCUT2D eigenvalue weighted by Crippen LogP contribution is -2.45. The van der Waals surface area contributed by atoms with Crippen LogP contribution in [0.2, 0.25) is 0 Å². The summed E-state index contributed by atoms with van der Waals surface area (Å²) in [4.78, 5) is 15.9. The molecule has 0 atom stereocenters. The van der Waals surface area contributed by atoms with Crippen LogP contribution in [0.4, 0.5) is 34.8 Å². The van der Waals surface area contributed by atoms with Crippen LogP contribution in [0.3, 0.4) is 0 Å². The lowest BCUT2D eigenvalue weighted by molar-refractivity contribution is -0.137. The molecule has 2 aromatic carbocycles. The zero-order valence-electron chi connectivity index (χ0n) is 16.4. The van der Waals surface area contributed by atoms with Gasteiger partial charge in [-0.2, -0.15) is 13.2 Å². The number of hydrogen-bond acceptors (Lipinski definition) is 5. The van der Waals surface area contributed by atoms with Crippen molar-refractivity contribution < 1.29 is 27.1 Å². The van der Waals surface area contributed by atoms with Gasteiger partial charge in [-0.15, -0.1) is 10.2 Å². The first-order chi connectivity index (χ1) is 14.7. The molecule has 160 valence electrons. The molecule has 0 spiro atoms. The van der Waals surface area contributed by atoms with E-state index in [-0.39, 0.29) is 29.6 Å². The van der Waals surface area contributed by atoms with Gasteiger partial charge in [-0.1, -0.05) is 0 Å². The van der Waals surface area contributed by atoms with Gasteiger partial charge < -0.3 is 9.64 Å². The molecule has 0 aliphatic carbocycles. The minimum atomic E-state index is -4.58. The lowest BCUT2D eigenvalue weighted by atomic mass is 10.0. The maximum Gasteiger partial charge on any atom is 0.416 e. The van der Waals surface area contributed by atoms with Crippen molar-refractivity contribution in [1.82, 2.24) is 10.2 Å². The van der Waals surface area contributed by atoms with E-state index < -0.39 is 23.5 Å². The average molecular weight is 432 g/mol. The molecule has 1 amide bonds. The highest BCUT2D eigenvalue weighted by Crippen LogP contribution is 2.40. The Labute approximate surface area is 174 Å². The Morgan fingerprint density at radius 1 is 0.968 bits per heavy atom. The molecule has 31 heavy (non-hydrogen) atoms. The summed E-state index contributed by atoms with van der Waals surface area (Å²) in [5, 5.41) is 7.83. The van der Waals surface area contributed by atoms with E-state index in [2.05, 4.69) is 10.2 Å². The molecule has 2 heterocycles. The Kier molecular flexibility index (Phi) is 5.00. The molecule has 1 aliphatic rings. The first-order valence-corrected chi connectivity index (χ1v) is 9.13. The number of amides is 1. The number of halogens is 4. The van der Waals surface area contributed by atoms with Gasteiger partial charge in [0.15, 0.2) is 5.82 Å². The predicted molar refractivity (Wildman–Crippen MR) is 105 cm³/mol. The zero-order chi connectivity index (χ0) is 22.3. The fourth-order valence-electron chi connectivity index (χ4n) is 3.41. The average Bonchev–Trinajstić information content (AvgIpc) is 2.74. The van der Waals surface area contributed by atoms with E-state index in [9.17, 15) is 22.4 Å². The van der Waals surface area contributed by atoms with Crippen LogP contribution in [0.5, 0.6) is 5.88 Å². The predicted octanol–water partition coefficient (Wildman–Crippen LogP) is 4.71. The van der Waals surface area contributed by atoms with Crippen LogP contribution >= 0.6 is 0 Å². The van der Waals surface area contributed by atoms with Crippen molar-refractivity contribution in [3.63, 3.8) is 0 Å². The van der Waals surface area contributed by atoms with Gasteiger partial charge in [-0.3, -0.25) is 9.69 Å². The van der Waals surface area contributed by atoms with Crippen molar-refractivity contribution in [2.45, 2.75) is 13.1 Å². The second kappa shape index (κ2) is 7.53. The van der Waals surface area contributed by atoms with E-state index in [1.807, 2.05) is 0 Å². The third kappa shape index (κ3) is 3.76. The molecule has 6 nitrogen and oxygen atoms in total. The number of benzene rings is 2. The Bertz CT molecular complexity index is 1150. The van der Waals surface area contributed by atoms with Crippen LogP contribution in [0.25, 0.3) is 0 Å². The molecule has 0 unspecified atom stereocenters. The summed E-state index contributed by atoms with van der Waals surface area (Å²) in [6.45, 7) is 1.50. The lowest BCUT2D eigenvalue weighted by Gasteiger charge is -2.38. The number of carbonyl (C=O) groups excluding carboxylic acids is 1. The molecule has 0 fully saturated rings. The minimum Gasteiger partial charge on any atom is -0.480 e. The van der Waals surface area contributed by atoms with Crippen LogP contribution in [0.15, 0.2) is 48.5 Å². The number of fused-ring (bicyclic) bond motifs is 1. The van der Waals surface area contributed by atoms with Gasteiger partial charge in [0.1, 0.15) is 12.5 Å². The molecule has 1 aliphatic heterocycles. The number of ether oxygens (including phenoxy) is 1. The highest BCUT2D eigenvalue weighted by Gasteiger charge is 2.37. The molecule has 0 saturated carbocycles. The number of anilines is 3. The molecule has 3 aromatic rings. The fourth-order valence-corrected chi connectivity index (χ4v) is 3.41. The van der Waals surface area contributed by atoms with Crippen molar-refractivity contribution in [1.29, 1.82) is 0 Å². The van der Waals surface area contributed by atoms with Crippen molar-refractivity contribution in [3.8, 4) is 5.88 Å². The number of aromatic nitrogens is 2. The van der Waals surface area contributed by atoms with Crippen molar-refractivity contribution in [3.05, 3.63) is 71.0 Å². The summed E-state index contributed by atoms with van der Waals surface area (Å²) in [5.41, 5.74) is 0.203. The Balaban J connectivity index is 1.87. The fraction of sp³-hybridized carbons (Fsp3) is 0.190. The van der Waals surface area contributed by atoms with E-state index >= 15 is 0 Å². The molecule has 4 rings (SSSR count). The molecule has 0 bridgehead atoms. The maximum atomic E-state index is 13.6. The van der Waals surface area contributed by atoms with E-state index in [1.165, 1.54) is 47.2 Å². The van der Waals surface area contributed by atoms with E-state index in [0.29, 0.717) is 11.3 Å². The first-order valence-electron chi connectivity index (χ1n) is 9.13. The zero-order valence-corrected chi connectivity index (χ0v) is 16.4. The summed E-state index contributed by atoms with van der Waals surface area (Å²) in [5.74, 6) is -0.563. The largest absolute Gasteiger partial charge is 0.480 e. The Hall–Kier alpha value is -3.69. The van der Waals surface area contributed by atoms with Crippen LogP contribution in [0, 0.1) is 12.7 Å². The standard InChI is InChI=1S/C21H16F4N4O2/c1-12-9-14(22)4-6-16(12)28-11-29(18-7-8-19(31-2)27-26-18)20(30)15-5-3-13(10-17(15)28)21(23,24)25/h3-10H,11H2,1-2H3. The van der Waals surface area contributed by atoms with Gasteiger partial charge in [-0.25, -0.2) is 4.39 Å². The van der Waals surface area contributed by atoms with Crippen LogP contribution < -0.4 is 14.5 Å². The van der Waals surface area contributed by atoms with Gasteiger partial charge in [-0.05, 0) is 55.0 Å². The van der Waals surface area contributed by atoms with Gasteiger partial charge in [0.25, 0.3) is 5.91 Å². The first kappa shape index (κ1) is 20.6. The second-order valence-corrected chi connectivity index (χ2v) is 6.90. The van der Waals surface area contributed by atoms with Crippen molar-refractivity contribution >= 4 is 23.1 Å². The van der Waals surface area contributed by atoms with Crippen LogP contribution in [-0.2, 0) is 6.18 Å². The normalized spacial score (nSPS) is 13.9. The summed E-state index contributed by atoms with van der Waals surface area (Å²) >= 11 is 0.